The minimum absolute atomic E-state index is 0.328. The van der Waals surface area contributed by atoms with Gasteiger partial charge in [0.1, 0.15) is 5.75 Å². The van der Waals surface area contributed by atoms with Gasteiger partial charge in [0.25, 0.3) is 0 Å². The first-order chi connectivity index (χ1) is 18.9. The Balaban J connectivity index is 0.000000237. The van der Waals surface area contributed by atoms with E-state index in [2.05, 4.69) is 62.4 Å². The third kappa shape index (κ3) is 5.19. The number of benzene rings is 5. The summed E-state index contributed by atoms with van der Waals surface area (Å²) in [5.74, 6) is -11.1. The van der Waals surface area contributed by atoms with E-state index in [4.69, 9.17) is 4.55 Å². The standard InChI is InChI=1S/C26H20O.C4H4F6O3S/c1-16-13-20-14-18-7-3-4-8-19(18)15-24(20)26(17(16)2)23-11-12-25(27)22-10-6-5-9-21(22)23;1-2(5,6)3(7,8)4(9,10)14(11,12)13/h3-15,27H,1-2H3;1H3,(H,11,12,13). The van der Waals surface area contributed by atoms with Crippen LogP contribution in [0.4, 0.5) is 26.3 Å². The molecule has 41 heavy (non-hydrogen) atoms. The molecule has 0 aliphatic carbocycles. The predicted molar refractivity (Wildman–Crippen MR) is 148 cm³/mol. The molecule has 0 saturated heterocycles. The lowest BCUT2D eigenvalue weighted by atomic mass is 9.87. The maximum absolute atomic E-state index is 12.2. The Bertz CT molecular complexity index is 1900. The van der Waals surface area contributed by atoms with E-state index >= 15 is 0 Å². The van der Waals surface area contributed by atoms with Crippen molar-refractivity contribution in [1.82, 2.24) is 0 Å². The molecular formula is C30H24F6O4S. The molecule has 4 nitrogen and oxygen atoms in total. The molecule has 0 saturated carbocycles. The number of phenols is 1. The van der Waals surface area contributed by atoms with Gasteiger partial charge in [-0.3, -0.25) is 4.55 Å². The molecule has 0 spiro atoms. The average Bonchev–Trinajstić information content (AvgIpc) is 2.88. The second-order valence-electron chi connectivity index (χ2n) is 9.75. The highest BCUT2D eigenvalue weighted by Gasteiger charge is 2.75. The number of hydrogen-bond donors (Lipinski definition) is 2. The van der Waals surface area contributed by atoms with Gasteiger partial charge < -0.3 is 5.11 Å². The zero-order chi connectivity index (χ0) is 30.5. The number of phenolic OH excluding ortho intramolecular Hbond substituents is 1. The van der Waals surface area contributed by atoms with Crippen LogP contribution in [0.3, 0.4) is 0 Å². The highest BCUT2D eigenvalue weighted by Crippen LogP contribution is 2.47. The first-order valence-corrected chi connectivity index (χ1v) is 13.6. The first-order valence-electron chi connectivity index (χ1n) is 12.1. The van der Waals surface area contributed by atoms with Gasteiger partial charge in [0.05, 0.1) is 0 Å². The normalized spacial score (nSPS) is 12.9. The molecule has 0 radical (unpaired) electrons. The lowest BCUT2D eigenvalue weighted by Crippen LogP contribution is -2.56. The predicted octanol–water partition coefficient (Wildman–Crippen LogP) is 8.89. The second kappa shape index (κ2) is 10.2. The molecule has 0 amide bonds. The van der Waals surface area contributed by atoms with E-state index in [0.29, 0.717) is 5.75 Å². The molecule has 5 rings (SSSR count). The van der Waals surface area contributed by atoms with Crippen molar-refractivity contribution < 1.29 is 44.4 Å². The summed E-state index contributed by atoms with van der Waals surface area (Å²) in [6, 6.07) is 27.3. The van der Waals surface area contributed by atoms with Crippen molar-refractivity contribution in [2.75, 3.05) is 0 Å². The Hall–Kier alpha value is -3.83. The minimum atomic E-state index is -6.61. The van der Waals surface area contributed by atoms with Crippen LogP contribution in [0, 0.1) is 13.8 Å². The molecule has 0 heterocycles. The van der Waals surface area contributed by atoms with Crippen LogP contribution in [0.25, 0.3) is 43.4 Å². The van der Waals surface area contributed by atoms with Crippen molar-refractivity contribution in [2.45, 2.75) is 37.9 Å². The summed E-state index contributed by atoms with van der Waals surface area (Å²) in [5, 5.41) is 11.1. The highest BCUT2D eigenvalue weighted by atomic mass is 32.2. The summed E-state index contributed by atoms with van der Waals surface area (Å²) in [5.41, 5.74) is 5.00. The van der Waals surface area contributed by atoms with Crippen LogP contribution < -0.4 is 0 Å². The lowest BCUT2D eigenvalue weighted by molar-refractivity contribution is -0.273. The molecule has 5 aromatic rings. The van der Waals surface area contributed by atoms with Gasteiger partial charge in [-0.2, -0.15) is 34.8 Å². The van der Waals surface area contributed by atoms with Crippen molar-refractivity contribution >= 4 is 42.4 Å². The van der Waals surface area contributed by atoms with Crippen LogP contribution in [0.15, 0.2) is 78.9 Å². The molecule has 5 aromatic carbocycles. The number of alkyl halides is 6. The third-order valence-electron chi connectivity index (χ3n) is 6.94. The van der Waals surface area contributed by atoms with Crippen molar-refractivity contribution in [3.05, 3.63) is 90.0 Å². The van der Waals surface area contributed by atoms with Crippen LogP contribution in [-0.4, -0.2) is 35.2 Å². The van der Waals surface area contributed by atoms with Crippen molar-refractivity contribution in [1.29, 1.82) is 0 Å². The molecule has 0 aromatic heterocycles. The van der Waals surface area contributed by atoms with Crippen LogP contribution in [-0.2, 0) is 10.1 Å². The first kappa shape index (κ1) is 30.1. The fourth-order valence-electron chi connectivity index (χ4n) is 4.60. The number of hydrogen-bond acceptors (Lipinski definition) is 3. The molecular weight excluding hydrogens is 570 g/mol. The number of aryl methyl sites for hydroxylation is 1. The van der Waals surface area contributed by atoms with Gasteiger partial charge in [-0.25, -0.2) is 0 Å². The second-order valence-corrected chi connectivity index (χ2v) is 11.2. The summed E-state index contributed by atoms with van der Waals surface area (Å²) < 4.78 is 99.6. The van der Waals surface area contributed by atoms with Gasteiger partial charge in [0, 0.05) is 12.3 Å². The zero-order valence-electron chi connectivity index (χ0n) is 21.9. The Labute approximate surface area is 231 Å². The summed E-state index contributed by atoms with van der Waals surface area (Å²) in [6.45, 7) is 3.78. The molecule has 11 heteroatoms. The Morgan fingerprint density at radius 1 is 0.683 bits per heavy atom. The fraction of sp³-hybridized carbons (Fsp3) is 0.200. The van der Waals surface area contributed by atoms with Crippen LogP contribution in [0.1, 0.15) is 18.1 Å². The van der Waals surface area contributed by atoms with Crippen molar-refractivity contribution in [3.63, 3.8) is 0 Å². The number of rotatable bonds is 4. The van der Waals surface area contributed by atoms with E-state index in [1.165, 1.54) is 43.8 Å². The minimum Gasteiger partial charge on any atom is -0.507 e. The SMILES string of the molecule is CC(F)(F)C(F)(F)C(F)(F)S(=O)(=O)O.Cc1cc2cc3ccccc3cc2c(-c2ccc(O)c3ccccc23)c1C. The summed E-state index contributed by atoms with van der Waals surface area (Å²) >= 11 is 0. The summed E-state index contributed by atoms with van der Waals surface area (Å²) in [6.07, 6.45) is 0. The maximum atomic E-state index is 12.2. The maximum Gasteiger partial charge on any atom is 0.437 e. The van der Waals surface area contributed by atoms with E-state index in [1.807, 2.05) is 30.3 Å². The smallest absolute Gasteiger partial charge is 0.437 e. The zero-order valence-corrected chi connectivity index (χ0v) is 22.7. The monoisotopic (exact) mass is 594 g/mol. The van der Waals surface area contributed by atoms with Gasteiger partial charge in [0.15, 0.2) is 0 Å². The Morgan fingerprint density at radius 3 is 1.76 bits per heavy atom. The van der Waals surface area contributed by atoms with Crippen LogP contribution in [0.2, 0.25) is 0 Å². The van der Waals surface area contributed by atoms with E-state index in [9.17, 15) is 39.9 Å². The van der Waals surface area contributed by atoms with Gasteiger partial charge in [-0.05, 0) is 81.2 Å². The van der Waals surface area contributed by atoms with Gasteiger partial charge in [-0.15, -0.1) is 0 Å². The Morgan fingerprint density at radius 2 is 1.22 bits per heavy atom. The number of aromatic hydroxyl groups is 1. The summed E-state index contributed by atoms with van der Waals surface area (Å²) in [4.78, 5) is 0. The Kier molecular flexibility index (Phi) is 7.51. The quantitative estimate of drug-likeness (QED) is 0.124. The fourth-order valence-corrected chi connectivity index (χ4v) is 5.10. The molecule has 216 valence electrons. The number of fused-ring (bicyclic) bond motifs is 3. The third-order valence-corrected chi connectivity index (χ3v) is 7.84. The molecule has 0 unspecified atom stereocenters. The molecule has 0 atom stereocenters. The van der Waals surface area contributed by atoms with E-state index in [0.717, 1.165) is 10.8 Å². The van der Waals surface area contributed by atoms with E-state index in [-0.39, 0.29) is 0 Å². The van der Waals surface area contributed by atoms with Crippen molar-refractivity contribution in [2.24, 2.45) is 0 Å². The van der Waals surface area contributed by atoms with Gasteiger partial charge in [0.2, 0.25) is 0 Å². The highest BCUT2D eigenvalue weighted by molar-refractivity contribution is 7.87. The van der Waals surface area contributed by atoms with Gasteiger partial charge >= 0.3 is 27.2 Å². The number of halogens is 6. The summed E-state index contributed by atoms with van der Waals surface area (Å²) in [7, 11) is -6.61. The van der Waals surface area contributed by atoms with E-state index in [1.54, 1.807) is 0 Å². The molecule has 0 bridgehead atoms. The van der Waals surface area contributed by atoms with Gasteiger partial charge in [-0.1, -0.05) is 60.7 Å². The molecule has 0 aliphatic heterocycles. The molecule has 0 aliphatic rings. The topological polar surface area (TPSA) is 74.6 Å². The lowest BCUT2D eigenvalue weighted by Gasteiger charge is -2.28. The van der Waals surface area contributed by atoms with E-state index < -0.39 is 34.1 Å². The van der Waals surface area contributed by atoms with Crippen molar-refractivity contribution in [3.8, 4) is 16.9 Å². The largest absolute Gasteiger partial charge is 0.507 e. The molecule has 0 fully saturated rings. The van der Waals surface area contributed by atoms with Crippen LogP contribution >= 0.6 is 0 Å². The van der Waals surface area contributed by atoms with Crippen LogP contribution in [0.5, 0.6) is 5.75 Å². The molecule has 2 N–H and O–H groups in total. The average molecular weight is 595 g/mol.